The molecule has 0 fully saturated rings. The van der Waals surface area contributed by atoms with Crippen molar-refractivity contribution in [3.8, 4) is 0 Å². The smallest absolute Gasteiger partial charge is 0.175 e. The van der Waals surface area contributed by atoms with Gasteiger partial charge in [0.2, 0.25) is 0 Å². The molecule has 1 N–H and O–H groups in total. The molecule has 1 aliphatic heterocycles. The monoisotopic (exact) mass is 284 g/mol. The first-order valence-electron chi connectivity index (χ1n) is 7.56. The molecule has 1 aliphatic rings. The van der Waals surface area contributed by atoms with Crippen LogP contribution in [-0.2, 0) is 4.79 Å². The average Bonchev–Trinajstić information content (AvgIpc) is 2.61. The molecule has 1 aromatic rings. The molecular weight excluding hydrogens is 260 g/mol. The zero-order chi connectivity index (χ0) is 15.4. The predicted octanol–water partition coefficient (Wildman–Crippen LogP) is 3.68. The fourth-order valence-corrected chi connectivity index (χ4v) is 2.58. The Labute approximate surface area is 127 Å². The number of benzene rings is 1. The number of rotatable bonds is 4. The lowest BCUT2D eigenvalue weighted by Crippen LogP contribution is -2.28. The summed E-state index contributed by atoms with van der Waals surface area (Å²) in [6.45, 7) is 8.69. The minimum absolute atomic E-state index is 0.0846. The van der Waals surface area contributed by atoms with Crippen LogP contribution in [0.4, 0.5) is 0 Å². The first-order chi connectivity index (χ1) is 9.99. The normalized spacial score (nSPS) is 20.4. The van der Waals surface area contributed by atoms with Gasteiger partial charge in [0.15, 0.2) is 5.78 Å². The topological polar surface area (TPSA) is 41.5 Å². The number of Topliss-reactive ketones (excluding diaryl/α,β-unsaturated/α-hetero) is 1. The predicted molar refractivity (Wildman–Crippen MR) is 87.5 cm³/mol. The number of hydrogen-bond acceptors (Lipinski definition) is 3. The number of aliphatic imine (C=N–C) groups is 1. The molecule has 0 spiro atoms. The van der Waals surface area contributed by atoms with Gasteiger partial charge in [-0.05, 0) is 29.9 Å². The second-order valence-corrected chi connectivity index (χ2v) is 5.94. The molecule has 112 valence electrons. The van der Waals surface area contributed by atoms with Crippen molar-refractivity contribution < 1.29 is 4.79 Å². The third kappa shape index (κ3) is 3.81. The second kappa shape index (κ2) is 6.70. The van der Waals surface area contributed by atoms with Gasteiger partial charge in [0.1, 0.15) is 5.84 Å². The van der Waals surface area contributed by atoms with Gasteiger partial charge in [-0.2, -0.15) is 0 Å². The van der Waals surface area contributed by atoms with Gasteiger partial charge in [0, 0.05) is 19.9 Å². The largest absolute Gasteiger partial charge is 0.341 e. The van der Waals surface area contributed by atoms with Gasteiger partial charge >= 0.3 is 0 Å². The van der Waals surface area contributed by atoms with Crippen molar-refractivity contribution in [2.75, 3.05) is 6.54 Å². The molecule has 0 amide bonds. The van der Waals surface area contributed by atoms with Crippen LogP contribution in [0.3, 0.4) is 0 Å². The van der Waals surface area contributed by atoms with Gasteiger partial charge in [-0.1, -0.05) is 44.2 Å². The van der Waals surface area contributed by atoms with Crippen LogP contribution < -0.4 is 5.32 Å². The number of carbonyl (C=O) groups is 1. The van der Waals surface area contributed by atoms with E-state index in [0.29, 0.717) is 11.8 Å². The summed E-state index contributed by atoms with van der Waals surface area (Å²) < 4.78 is 0. The van der Waals surface area contributed by atoms with Crippen LogP contribution in [0.15, 0.2) is 46.6 Å². The SMILES string of the molecule is CC(=O)C1=C(C)[C@H](C)CN=C(CC(C)c2ccccc2)N1. The lowest BCUT2D eigenvalue weighted by atomic mass is 9.97. The van der Waals surface area contributed by atoms with Gasteiger partial charge in [0.25, 0.3) is 0 Å². The molecule has 0 bridgehead atoms. The first-order valence-corrected chi connectivity index (χ1v) is 7.56. The molecule has 1 heterocycles. The van der Waals surface area contributed by atoms with E-state index in [2.05, 4.69) is 48.4 Å². The molecule has 1 aromatic carbocycles. The van der Waals surface area contributed by atoms with E-state index in [4.69, 9.17) is 0 Å². The number of nitrogens with one attached hydrogen (secondary N) is 1. The number of amidine groups is 1. The molecule has 0 aromatic heterocycles. The van der Waals surface area contributed by atoms with Crippen LogP contribution in [0.25, 0.3) is 0 Å². The molecule has 3 nitrogen and oxygen atoms in total. The summed E-state index contributed by atoms with van der Waals surface area (Å²) in [5, 5.41) is 3.28. The first kappa shape index (κ1) is 15.5. The third-order valence-electron chi connectivity index (χ3n) is 4.18. The maximum Gasteiger partial charge on any atom is 0.175 e. The minimum Gasteiger partial charge on any atom is -0.341 e. The molecule has 0 aliphatic carbocycles. The molecule has 0 saturated carbocycles. The van der Waals surface area contributed by atoms with Gasteiger partial charge in [0.05, 0.1) is 5.70 Å². The Bertz CT molecular complexity index is 572. The van der Waals surface area contributed by atoms with Crippen LogP contribution in [0, 0.1) is 5.92 Å². The van der Waals surface area contributed by atoms with Gasteiger partial charge in [-0.3, -0.25) is 9.79 Å². The van der Waals surface area contributed by atoms with Crippen molar-refractivity contribution in [2.24, 2.45) is 10.9 Å². The van der Waals surface area contributed by atoms with E-state index in [1.807, 2.05) is 13.0 Å². The van der Waals surface area contributed by atoms with E-state index in [0.717, 1.165) is 30.1 Å². The highest BCUT2D eigenvalue weighted by molar-refractivity contribution is 5.99. The number of nitrogens with zero attached hydrogens (tertiary/aromatic N) is 1. The summed E-state index contributed by atoms with van der Waals surface area (Å²) in [4.78, 5) is 16.5. The van der Waals surface area contributed by atoms with Gasteiger partial charge in [-0.25, -0.2) is 0 Å². The zero-order valence-corrected chi connectivity index (χ0v) is 13.3. The Morgan fingerprint density at radius 1 is 1.38 bits per heavy atom. The molecule has 0 saturated heterocycles. The van der Waals surface area contributed by atoms with Crippen molar-refractivity contribution in [3.63, 3.8) is 0 Å². The van der Waals surface area contributed by atoms with Crippen molar-refractivity contribution in [1.29, 1.82) is 0 Å². The molecular formula is C18H24N2O. The standard InChI is InChI=1S/C18H24N2O/c1-12(16-8-6-5-7-9-16)10-17-19-11-13(2)14(3)18(20-17)15(4)21/h5-9,12-13H,10-11H2,1-4H3,(H,19,20)/t12?,13-/m1/s1. The van der Waals surface area contributed by atoms with Crippen molar-refractivity contribution in [2.45, 2.75) is 40.0 Å². The lowest BCUT2D eigenvalue weighted by molar-refractivity contribution is -0.113. The molecule has 2 atom stereocenters. The van der Waals surface area contributed by atoms with Crippen LogP contribution in [0.5, 0.6) is 0 Å². The number of carbonyl (C=O) groups excluding carboxylic acids is 1. The average molecular weight is 284 g/mol. The Morgan fingerprint density at radius 2 is 2.05 bits per heavy atom. The maximum absolute atomic E-state index is 11.8. The van der Waals surface area contributed by atoms with Gasteiger partial charge in [-0.15, -0.1) is 0 Å². The summed E-state index contributed by atoms with van der Waals surface area (Å²) >= 11 is 0. The molecule has 3 heteroatoms. The molecule has 0 radical (unpaired) electrons. The van der Waals surface area contributed by atoms with E-state index in [1.54, 1.807) is 6.92 Å². The Balaban J connectivity index is 2.16. The Kier molecular flexibility index (Phi) is 4.94. The van der Waals surface area contributed by atoms with E-state index < -0.39 is 0 Å². The summed E-state index contributed by atoms with van der Waals surface area (Å²) in [6.07, 6.45) is 0.820. The Morgan fingerprint density at radius 3 is 2.67 bits per heavy atom. The van der Waals surface area contributed by atoms with Crippen LogP contribution in [-0.4, -0.2) is 18.2 Å². The van der Waals surface area contributed by atoms with E-state index in [-0.39, 0.29) is 5.78 Å². The van der Waals surface area contributed by atoms with Crippen LogP contribution in [0.2, 0.25) is 0 Å². The fraction of sp³-hybridized carbons (Fsp3) is 0.444. The number of ketones is 1. The van der Waals surface area contributed by atoms with E-state index in [1.165, 1.54) is 5.56 Å². The zero-order valence-electron chi connectivity index (χ0n) is 13.3. The second-order valence-electron chi connectivity index (χ2n) is 5.94. The van der Waals surface area contributed by atoms with Crippen molar-refractivity contribution >= 4 is 11.6 Å². The summed E-state index contributed by atoms with van der Waals surface area (Å²) in [6, 6.07) is 10.4. The highest BCUT2D eigenvalue weighted by atomic mass is 16.1. The highest BCUT2D eigenvalue weighted by Crippen LogP contribution is 2.22. The number of hydrogen-bond donors (Lipinski definition) is 1. The fourth-order valence-electron chi connectivity index (χ4n) is 2.58. The maximum atomic E-state index is 11.8. The Hall–Kier alpha value is -1.90. The van der Waals surface area contributed by atoms with Crippen LogP contribution in [0.1, 0.15) is 45.6 Å². The molecule has 21 heavy (non-hydrogen) atoms. The van der Waals surface area contributed by atoms with E-state index >= 15 is 0 Å². The molecule has 2 rings (SSSR count). The van der Waals surface area contributed by atoms with Crippen molar-refractivity contribution in [1.82, 2.24) is 5.32 Å². The van der Waals surface area contributed by atoms with Gasteiger partial charge < -0.3 is 5.32 Å². The summed E-state index contributed by atoms with van der Waals surface area (Å²) in [7, 11) is 0. The third-order valence-corrected chi connectivity index (χ3v) is 4.18. The molecule has 1 unspecified atom stereocenters. The highest BCUT2D eigenvalue weighted by Gasteiger charge is 2.20. The quantitative estimate of drug-likeness (QED) is 0.916. The lowest BCUT2D eigenvalue weighted by Gasteiger charge is -2.16. The summed E-state index contributed by atoms with van der Waals surface area (Å²) in [5.41, 5.74) is 3.12. The summed E-state index contributed by atoms with van der Waals surface area (Å²) in [5.74, 6) is 1.68. The van der Waals surface area contributed by atoms with Crippen molar-refractivity contribution in [3.05, 3.63) is 47.2 Å². The van der Waals surface area contributed by atoms with Crippen LogP contribution >= 0.6 is 0 Å². The minimum atomic E-state index is 0.0846. The number of allylic oxidation sites excluding steroid dienone is 1. The van der Waals surface area contributed by atoms with E-state index in [9.17, 15) is 4.79 Å².